The second-order valence-electron chi connectivity index (χ2n) is 2.92. The number of benzene rings is 1. The maximum atomic E-state index is 11.5. The number of hydrogen-bond donors (Lipinski definition) is 0. The van der Waals surface area contributed by atoms with Gasteiger partial charge in [0, 0.05) is 0 Å². The second-order valence-corrected chi connectivity index (χ2v) is 3.77. The van der Waals surface area contributed by atoms with Gasteiger partial charge in [-0.05, 0) is 35.0 Å². The number of ether oxygens (including phenoxy) is 2. The van der Waals surface area contributed by atoms with Gasteiger partial charge in [-0.1, -0.05) is 0 Å². The molecule has 0 radical (unpaired) electrons. The van der Waals surface area contributed by atoms with Crippen molar-refractivity contribution in [1.82, 2.24) is 0 Å². The van der Waals surface area contributed by atoms with Gasteiger partial charge in [-0.2, -0.15) is 0 Å². The van der Waals surface area contributed by atoms with E-state index in [0.29, 0.717) is 34.2 Å². The van der Waals surface area contributed by atoms with Crippen LogP contribution in [0.4, 0.5) is 0 Å². The molecule has 0 unspecified atom stereocenters. The van der Waals surface area contributed by atoms with Crippen molar-refractivity contribution < 1.29 is 19.1 Å². The first-order valence-corrected chi connectivity index (χ1v) is 5.43. The lowest BCUT2D eigenvalue weighted by atomic mass is 10.1. The van der Waals surface area contributed by atoms with Crippen molar-refractivity contribution >= 4 is 28.2 Å². The predicted molar refractivity (Wildman–Crippen MR) is 62.0 cm³/mol. The summed E-state index contributed by atoms with van der Waals surface area (Å²) in [5.41, 5.74) is 0.622. The molecule has 0 aliphatic heterocycles. The number of rotatable bonds is 4. The monoisotopic (exact) mass is 286 g/mol. The van der Waals surface area contributed by atoms with Crippen LogP contribution in [0.2, 0.25) is 0 Å². The molecular weight excluding hydrogens is 276 g/mol. The Morgan fingerprint density at radius 3 is 2.69 bits per heavy atom. The third kappa shape index (κ3) is 2.61. The van der Waals surface area contributed by atoms with Crippen LogP contribution >= 0.6 is 15.9 Å². The molecule has 0 bridgehead atoms. The van der Waals surface area contributed by atoms with E-state index in [9.17, 15) is 9.59 Å². The summed E-state index contributed by atoms with van der Waals surface area (Å²) in [7, 11) is 1.46. The molecular formula is C11H11BrO4. The maximum absolute atomic E-state index is 11.5. The highest BCUT2D eigenvalue weighted by atomic mass is 79.9. The molecule has 86 valence electrons. The molecule has 1 aromatic carbocycles. The van der Waals surface area contributed by atoms with Crippen LogP contribution in [0.1, 0.15) is 27.6 Å². The van der Waals surface area contributed by atoms with Crippen LogP contribution in [-0.2, 0) is 4.74 Å². The minimum Gasteiger partial charge on any atom is -0.495 e. The van der Waals surface area contributed by atoms with Crippen molar-refractivity contribution in [1.29, 1.82) is 0 Å². The Labute approximate surface area is 102 Å². The topological polar surface area (TPSA) is 52.6 Å². The van der Waals surface area contributed by atoms with Crippen LogP contribution in [0.15, 0.2) is 16.6 Å². The Morgan fingerprint density at radius 1 is 1.50 bits per heavy atom. The van der Waals surface area contributed by atoms with E-state index in [-0.39, 0.29) is 0 Å². The van der Waals surface area contributed by atoms with Crippen LogP contribution in [-0.4, -0.2) is 26.0 Å². The first-order valence-electron chi connectivity index (χ1n) is 4.63. The number of carbonyl (C=O) groups excluding carboxylic acids is 2. The van der Waals surface area contributed by atoms with Gasteiger partial charge in [0.1, 0.15) is 5.75 Å². The molecule has 4 nitrogen and oxygen atoms in total. The third-order valence-corrected chi connectivity index (χ3v) is 2.50. The Hall–Kier alpha value is -1.36. The summed E-state index contributed by atoms with van der Waals surface area (Å²) in [4.78, 5) is 22.3. The molecule has 0 aliphatic carbocycles. The largest absolute Gasteiger partial charge is 0.495 e. The standard InChI is InChI=1S/C11H11BrO4/c1-3-16-11(14)7-4-8(6-13)10(15-2)9(12)5-7/h4-6H,3H2,1-2H3. The summed E-state index contributed by atoms with van der Waals surface area (Å²) >= 11 is 3.23. The SMILES string of the molecule is CCOC(=O)c1cc(Br)c(OC)c(C=O)c1. The number of esters is 1. The van der Waals surface area contributed by atoms with E-state index < -0.39 is 5.97 Å². The van der Waals surface area contributed by atoms with Gasteiger partial charge < -0.3 is 9.47 Å². The van der Waals surface area contributed by atoms with E-state index in [4.69, 9.17) is 9.47 Å². The molecule has 0 heterocycles. The van der Waals surface area contributed by atoms with Gasteiger partial charge >= 0.3 is 5.97 Å². The van der Waals surface area contributed by atoms with Crippen LogP contribution in [0.5, 0.6) is 5.75 Å². The molecule has 0 fully saturated rings. The van der Waals surface area contributed by atoms with Gasteiger partial charge in [0.15, 0.2) is 6.29 Å². The number of hydrogen-bond acceptors (Lipinski definition) is 4. The zero-order chi connectivity index (χ0) is 12.1. The lowest BCUT2D eigenvalue weighted by Crippen LogP contribution is -2.06. The molecule has 0 atom stereocenters. The lowest BCUT2D eigenvalue weighted by Gasteiger charge is -2.08. The Bertz CT molecular complexity index is 415. The minimum absolute atomic E-state index is 0.291. The molecule has 0 N–H and O–H groups in total. The van der Waals surface area contributed by atoms with E-state index >= 15 is 0 Å². The van der Waals surface area contributed by atoms with E-state index in [0.717, 1.165) is 0 Å². The van der Waals surface area contributed by atoms with Gasteiger partial charge in [0.25, 0.3) is 0 Å². The summed E-state index contributed by atoms with van der Waals surface area (Å²) in [5, 5.41) is 0. The number of carbonyl (C=O) groups is 2. The van der Waals surface area contributed by atoms with Crippen LogP contribution < -0.4 is 4.74 Å². The fourth-order valence-corrected chi connectivity index (χ4v) is 1.89. The smallest absolute Gasteiger partial charge is 0.338 e. The van der Waals surface area contributed by atoms with Crippen LogP contribution in [0, 0.1) is 0 Å². The molecule has 1 rings (SSSR count). The van der Waals surface area contributed by atoms with Crippen LogP contribution in [0.25, 0.3) is 0 Å². The van der Waals surface area contributed by atoms with Gasteiger partial charge in [-0.15, -0.1) is 0 Å². The van der Waals surface area contributed by atoms with Crippen molar-refractivity contribution in [2.24, 2.45) is 0 Å². The zero-order valence-corrected chi connectivity index (χ0v) is 10.5. The molecule has 0 amide bonds. The minimum atomic E-state index is -0.464. The number of methoxy groups -OCH3 is 1. The van der Waals surface area contributed by atoms with E-state index in [1.807, 2.05) is 0 Å². The normalized spacial score (nSPS) is 9.69. The summed E-state index contributed by atoms with van der Waals surface area (Å²) in [6.07, 6.45) is 0.631. The quantitative estimate of drug-likeness (QED) is 0.630. The molecule has 0 aromatic heterocycles. The number of halogens is 1. The van der Waals surface area contributed by atoms with Crippen LogP contribution in [0.3, 0.4) is 0 Å². The van der Waals surface area contributed by atoms with Crippen molar-refractivity contribution in [3.05, 3.63) is 27.7 Å². The van der Waals surface area contributed by atoms with Gasteiger partial charge in [-0.3, -0.25) is 4.79 Å². The lowest BCUT2D eigenvalue weighted by molar-refractivity contribution is 0.0526. The number of aldehydes is 1. The van der Waals surface area contributed by atoms with Gasteiger partial charge in [0.05, 0.1) is 29.3 Å². The molecule has 5 heteroatoms. The third-order valence-electron chi connectivity index (χ3n) is 1.91. The van der Waals surface area contributed by atoms with Crippen molar-refractivity contribution in [3.8, 4) is 5.75 Å². The highest BCUT2D eigenvalue weighted by molar-refractivity contribution is 9.10. The van der Waals surface area contributed by atoms with Crippen molar-refractivity contribution in [2.75, 3.05) is 13.7 Å². The Morgan fingerprint density at radius 2 is 2.19 bits per heavy atom. The summed E-state index contributed by atoms with van der Waals surface area (Å²) in [6.45, 7) is 2.01. The van der Waals surface area contributed by atoms with E-state index in [2.05, 4.69) is 15.9 Å². The molecule has 0 saturated carbocycles. The van der Waals surface area contributed by atoms with Crippen molar-refractivity contribution in [2.45, 2.75) is 6.92 Å². The average molecular weight is 287 g/mol. The molecule has 1 aromatic rings. The molecule has 0 spiro atoms. The summed E-state index contributed by atoms with van der Waals surface area (Å²) < 4.78 is 10.4. The highest BCUT2D eigenvalue weighted by Crippen LogP contribution is 2.29. The highest BCUT2D eigenvalue weighted by Gasteiger charge is 2.14. The van der Waals surface area contributed by atoms with E-state index in [1.165, 1.54) is 13.2 Å². The van der Waals surface area contributed by atoms with Gasteiger partial charge in [-0.25, -0.2) is 4.79 Å². The Kier molecular flexibility index (Phi) is 4.49. The summed E-state index contributed by atoms with van der Waals surface area (Å²) in [5.74, 6) is -0.0583. The van der Waals surface area contributed by atoms with Crippen molar-refractivity contribution in [3.63, 3.8) is 0 Å². The Balaban J connectivity index is 3.20. The fourth-order valence-electron chi connectivity index (χ4n) is 1.25. The first-order chi connectivity index (χ1) is 7.63. The zero-order valence-electron chi connectivity index (χ0n) is 8.95. The fraction of sp³-hybridized carbons (Fsp3) is 0.273. The van der Waals surface area contributed by atoms with Gasteiger partial charge in [0.2, 0.25) is 0 Å². The molecule has 16 heavy (non-hydrogen) atoms. The summed E-state index contributed by atoms with van der Waals surface area (Å²) in [6, 6.07) is 3.00. The maximum Gasteiger partial charge on any atom is 0.338 e. The molecule has 0 saturated heterocycles. The average Bonchev–Trinajstić information content (AvgIpc) is 2.28. The second kappa shape index (κ2) is 5.65. The van der Waals surface area contributed by atoms with E-state index in [1.54, 1.807) is 13.0 Å². The first kappa shape index (κ1) is 12.7. The molecule has 0 aliphatic rings. The predicted octanol–water partition coefficient (Wildman–Crippen LogP) is 2.45.